The Morgan fingerprint density at radius 2 is 2.22 bits per heavy atom. The molecule has 1 atom stereocenters. The van der Waals surface area contributed by atoms with Crippen molar-refractivity contribution in [3.63, 3.8) is 0 Å². The second kappa shape index (κ2) is 5.04. The zero-order valence-electron chi connectivity index (χ0n) is 9.87. The number of halogens is 1. The quantitative estimate of drug-likeness (QED) is 0.801. The van der Waals surface area contributed by atoms with Crippen LogP contribution in [0.3, 0.4) is 0 Å². The summed E-state index contributed by atoms with van der Waals surface area (Å²) in [5.74, 6) is 0.193. The third-order valence-corrected chi connectivity index (χ3v) is 3.36. The molecule has 0 aliphatic carbocycles. The Morgan fingerprint density at radius 3 is 2.94 bits per heavy atom. The lowest BCUT2D eigenvalue weighted by molar-refractivity contribution is 0.193. The first-order valence-electron chi connectivity index (χ1n) is 5.83. The van der Waals surface area contributed by atoms with Gasteiger partial charge in [-0.25, -0.2) is 4.79 Å². The van der Waals surface area contributed by atoms with Crippen LogP contribution in [-0.4, -0.2) is 48.3 Å². The fourth-order valence-corrected chi connectivity index (χ4v) is 2.50. The summed E-state index contributed by atoms with van der Waals surface area (Å²) in [6.07, 6.45) is 0. The molecular formula is C12H16ClN3O2. The van der Waals surface area contributed by atoms with Gasteiger partial charge in [0.05, 0.1) is 6.04 Å². The molecule has 1 aromatic rings. The highest BCUT2D eigenvalue weighted by Gasteiger charge is 2.38. The first-order chi connectivity index (χ1) is 8.25. The number of aromatic hydroxyl groups is 1. The van der Waals surface area contributed by atoms with Gasteiger partial charge in [0.1, 0.15) is 5.75 Å². The van der Waals surface area contributed by atoms with Crippen molar-refractivity contribution in [3.05, 3.63) is 24.3 Å². The third kappa shape index (κ3) is 2.11. The van der Waals surface area contributed by atoms with Crippen LogP contribution in [0.25, 0.3) is 0 Å². The summed E-state index contributed by atoms with van der Waals surface area (Å²) in [4.78, 5) is 15.8. The first kappa shape index (κ1) is 13.0. The summed E-state index contributed by atoms with van der Waals surface area (Å²) in [5.41, 5.74) is 0.768. The molecule has 6 heteroatoms. The van der Waals surface area contributed by atoms with Gasteiger partial charge in [-0.2, -0.15) is 0 Å². The number of nitrogens with zero attached hydrogens (tertiary/aromatic N) is 2. The van der Waals surface area contributed by atoms with Crippen LogP contribution in [0.15, 0.2) is 24.3 Å². The summed E-state index contributed by atoms with van der Waals surface area (Å²) in [6, 6.07) is 7.14. The molecule has 18 heavy (non-hydrogen) atoms. The van der Waals surface area contributed by atoms with E-state index in [1.807, 2.05) is 11.0 Å². The van der Waals surface area contributed by atoms with Gasteiger partial charge < -0.3 is 15.3 Å². The van der Waals surface area contributed by atoms with Crippen LogP contribution in [-0.2, 0) is 0 Å². The average Bonchev–Trinajstić information content (AvgIpc) is 2.68. The van der Waals surface area contributed by atoms with Crippen molar-refractivity contribution >= 4 is 24.1 Å². The predicted octanol–water partition coefficient (Wildman–Crippen LogP) is 1.03. The molecule has 0 bridgehead atoms. The van der Waals surface area contributed by atoms with E-state index in [2.05, 4.69) is 5.32 Å². The molecule has 3 rings (SSSR count). The zero-order valence-corrected chi connectivity index (χ0v) is 10.7. The predicted molar refractivity (Wildman–Crippen MR) is 71.5 cm³/mol. The molecule has 1 unspecified atom stereocenters. The number of fused-ring (bicyclic) bond motifs is 1. The number of phenols is 1. The number of anilines is 1. The normalized spacial score (nSPS) is 22.7. The van der Waals surface area contributed by atoms with Gasteiger partial charge in [-0.1, -0.05) is 6.07 Å². The van der Waals surface area contributed by atoms with Crippen molar-refractivity contribution in [1.29, 1.82) is 0 Å². The monoisotopic (exact) mass is 269 g/mol. The van der Waals surface area contributed by atoms with E-state index >= 15 is 0 Å². The Balaban J connectivity index is 0.00000120. The Labute approximate surface area is 112 Å². The van der Waals surface area contributed by atoms with Gasteiger partial charge >= 0.3 is 6.03 Å². The number of urea groups is 1. The van der Waals surface area contributed by atoms with E-state index in [0.717, 1.165) is 25.3 Å². The minimum atomic E-state index is 0. The second-order valence-electron chi connectivity index (χ2n) is 4.46. The van der Waals surface area contributed by atoms with Crippen molar-refractivity contribution in [2.24, 2.45) is 0 Å². The Bertz CT molecular complexity index is 455. The van der Waals surface area contributed by atoms with Crippen molar-refractivity contribution in [3.8, 4) is 5.75 Å². The summed E-state index contributed by atoms with van der Waals surface area (Å²) < 4.78 is 0. The molecule has 0 saturated carbocycles. The molecule has 2 heterocycles. The standard InChI is InChI=1S/C12H15N3O2.ClH/c16-11-3-1-2-9(6-11)15-8-10-7-13-4-5-14(10)12(15)17;/h1-3,6,10,13,16H,4-5,7-8H2;1H. The average molecular weight is 270 g/mol. The number of rotatable bonds is 1. The number of hydrogen-bond donors (Lipinski definition) is 2. The van der Waals surface area contributed by atoms with Gasteiger partial charge in [-0.3, -0.25) is 4.90 Å². The van der Waals surface area contributed by atoms with Crippen LogP contribution < -0.4 is 10.2 Å². The van der Waals surface area contributed by atoms with E-state index in [1.165, 1.54) is 0 Å². The first-order valence-corrected chi connectivity index (χ1v) is 5.83. The molecule has 2 aliphatic rings. The SMILES string of the molecule is Cl.O=C1N(c2cccc(O)c2)CC2CNCCN12. The lowest BCUT2D eigenvalue weighted by Gasteiger charge is -2.28. The molecule has 2 amide bonds. The van der Waals surface area contributed by atoms with Crippen molar-refractivity contribution in [1.82, 2.24) is 10.2 Å². The van der Waals surface area contributed by atoms with E-state index in [4.69, 9.17) is 0 Å². The van der Waals surface area contributed by atoms with Gasteiger partial charge in [0.15, 0.2) is 0 Å². The fourth-order valence-electron chi connectivity index (χ4n) is 2.50. The van der Waals surface area contributed by atoms with E-state index in [0.29, 0.717) is 6.54 Å². The van der Waals surface area contributed by atoms with Crippen LogP contribution >= 0.6 is 12.4 Å². The van der Waals surface area contributed by atoms with E-state index in [-0.39, 0.29) is 30.2 Å². The lowest BCUT2D eigenvalue weighted by atomic mass is 10.2. The molecule has 2 saturated heterocycles. The number of piperazine rings is 1. The number of nitrogens with one attached hydrogen (secondary N) is 1. The van der Waals surface area contributed by atoms with Crippen molar-refractivity contribution in [2.45, 2.75) is 6.04 Å². The molecule has 98 valence electrons. The topological polar surface area (TPSA) is 55.8 Å². The number of phenolic OH excluding ortho intramolecular Hbond substituents is 1. The summed E-state index contributed by atoms with van der Waals surface area (Å²) in [7, 11) is 0. The molecule has 0 aromatic heterocycles. The van der Waals surface area contributed by atoms with Crippen molar-refractivity contribution < 1.29 is 9.90 Å². The largest absolute Gasteiger partial charge is 0.508 e. The van der Waals surface area contributed by atoms with Gasteiger partial charge in [0, 0.05) is 37.9 Å². The number of hydrogen-bond acceptors (Lipinski definition) is 3. The van der Waals surface area contributed by atoms with E-state index in [1.54, 1.807) is 23.1 Å². The highest BCUT2D eigenvalue weighted by atomic mass is 35.5. The van der Waals surface area contributed by atoms with Gasteiger partial charge in [0.2, 0.25) is 0 Å². The highest BCUT2D eigenvalue weighted by molar-refractivity contribution is 5.95. The molecule has 5 nitrogen and oxygen atoms in total. The van der Waals surface area contributed by atoms with Gasteiger partial charge in [-0.15, -0.1) is 12.4 Å². The molecule has 0 radical (unpaired) electrons. The fraction of sp³-hybridized carbons (Fsp3) is 0.417. The van der Waals surface area contributed by atoms with Crippen LogP contribution in [0.1, 0.15) is 0 Å². The van der Waals surface area contributed by atoms with Gasteiger partial charge in [0.25, 0.3) is 0 Å². The van der Waals surface area contributed by atoms with Gasteiger partial charge in [-0.05, 0) is 12.1 Å². The molecular weight excluding hydrogens is 254 g/mol. The van der Waals surface area contributed by atoms with Crippen molar-refractivity contribution in [2.75, 3.05) is 31.1 Å². The van der Waals surface area contributed by atoms with E-state index < -0.39 is 0 Å². The molecule has 0 spiro atoms. The number of benzene rings is 1. The van der Waals surface area contributed by atoms with Crippen LogP contribution in [0.2, 0.25) is 0 Å². The summed E-state index contributed by atoms with van der Waals surface area (Å²) in [5, 5.41) is 12.7. The zero-order chi connectivity index (χ0) is 11.8. The maximum atomic E-state index is 12.2. The Kier molecular flexibility index (Phi) is 3.63. The Hall–Kier alpha value is -1.46. The smallest absolute Gasteiger partial charge is 0.324 e. The molecule has 2 aliphatic heterocycles. The lowest BCUT2D eigenvalue weighted by Crippen LogP contribution is -2.49. The number of carbonyl (C=O) groups excluding carboxylic acids is 1. The van der Waals surface area contributed by atoms with Crippen LogP contribution in [0.5, 0.6) is 5.75 Å². The van der Waals surface area contributed by atoms with Crippen LogP contribution in [0, 0.1) is 0 Å². The number of amides is 2. The number of carbonyl (C=O) groups is 1. The minimum Gasteiger partial charge on any atom is -0.508 e. The minimum absolute atomic E-state index is 0. The summed E-state index contributed by atoms with van der Waals surface area (Å²) >= 11 is 0. The molecule has 2 fully saturated rings. The van der Waals surface area contributed by atoms with E-state index in [9.17, 15) is 9.90 Å². The highest BCUT2D eigenvalue weighted by Crippen LogP contribution is 2.26. The summed E-state index contributed by atoms with van der Waals surface area (Å²) in [6.45, 7) is 3.16. The van der Waals surface area contributed by atoms with Crippen LogP contribution in [0.4, 0.5) is 10.5 Å². The second-order valence-corrected chi connectivity index (χ2v) is 4.46. The molecule has 1 aromatic carbocycles. The maximum absolute atomic E-state index is 12.2. The molecule has 2 N–H and O–H groups in total. The Morgan fingerprint density at radius 1 is 1.39 bits per heavy atom. The third-order valence-electron chi connectivity index (χ3n) is 3.36. The maximum Gasteiger partial charge on any atom is 0.324 e.